The van der Waals surface area contributed by atoms with Crippen LogP contribution in [0, 0.1) is 13.8 Å². The van der Waals surface area contributed by atoms with Crippen LogP contribution in [0.4, 0.5) is 0 Å². The van der Waals surface area contributed by atoms with E-state index < -0.39 is 0 Å². The van der Waals surface area contributed by atoms with Crippen LogP contribution in [0.25, 0.3) is 0 Å². The number of alkyl halides is 1. The van der Waals surface area contributed by atoms with Crippen LogP contribution in [-0.4, -0.2) is 14.2 Å². The van der Waals surface area contributed by atoms with Crippen LogP contribution in [0.1, 0.15) is 27.6 Å². The van der Waals surface area contributed by atoms with Crippen LogP contribution >= 0.6 is 27.5 Å². The third-order valence-electron chi connectivity index (χ3n) is 3.48. The molecule has 1 unspecified atom stereocenters. The Hall–Kier alpha value is -1.19. The van der Waals surface area contributed by atoms with E-state index in [1.807, 2.05) is 12.1 Å². The van der Waals surface area contributed by atoms with Crippen molar-refractivity contribution in [2.24, 2.45) is 0 Å². The predicted octanol–water partition coefficient (Wildman–Crippen LogP) is 5.41. The Labute approximate surface area is 139 Å². The van der Waals surface area contributed by atoms with Crippen molar-refractivity contribution in [2.45, 2.75) is 19.2 Å². The van der Waals surface area contributed by atoms with Gasteiger partial charge in [-0.15, -0.1) is 11.6 Å². The van der Waals surface area contributed by atoms with Gasteiger partial charge in [0.05, 0.1) is 24.1 Å². The fourth-order valence-corrected chi connectivity index (χ4v) is 3.17. The highest BCUT2D eigenvalue weighted by molar-refractivity contribution is 9.10. The highest BCUT2D eigenvalue weighted by Crippen LogP contribution is 2.41. The zero-order chi connectivity index (χ0) is 15.6. The average molecular weight is 370 g/mol. The number of ether oxygens (including phenoxy) is 2. The zero-order valence-electron chi connectivity index (χ0n) is 12.5. The van der Waals surface area contributed by atoms with Gasteiger partial charge in [0.2, 0.25) is 0 Å². The van der Waals surface area contributed by atoms with Crippen molar-refractivity contribution in [3.8, 4) is 11.5 Å². The first-order valence-corrected chi connectivity index (χ1v) is 7.83. The minimum Gasteiger partial charge on any atom is -0.496 e. The molecular weight excluding hydrogens is 352 g/mol. The van der Waals surface area contributed by atoms with Gasteiger partial charge in [-0.2, -0.15) is 0 Å². The van der Waals surface area contributed by atoms with Gasteiger partial charge in [0.15, 0.2) is 0 Å². The first-order chi connectivity index (χ1) is 9.97. The topological polar surface area (TPSA) is 18.5 Å². The van der Waals surface area contributed by atoms with E-state index in [9.17, 15) is 0 Å². The van der Waals surface area contributed by atoms with E-state index in [4.69, 9.17) is 21.1 Å². The minimum absolute atomic E-state index is 0.290. The molecule has 2 nitrogen and oxygen atoms in total. The number of hydrogen-bond acceptors (Lipinski definition) is 2. The first kappa shape index (κ1) is 16.2. The molecule has 0 aliphatic heterocycles. The summed E-state index contributed by atoms with van der Waals surface area (Å²) in [6.45, 7) is 4.12. The van der Waals surface area contributed by atoms with Gasteiger partial charge < -0.3 is 9.47 Å². The van der Waals surface area contributed by atoms with E-state index in [1.54, 1.807) is 14.2 Å². The normalized spacial score (nSPS) is 12.1. The number of benzene rings is 2. The van der Waals surface area contributed by atoms with Gasteiger partial charge >= 0.3 is 0 Å². The standard InChI is InChI=1S/C17H18BrClO2/c1-10-5-6-11(2)12(7-10)17(19)13-8-16(21-4)14(18)9-15(13)20-3/h5-9,17H,1-4H3. The summed E-state index contributed by atoms with van der Waals surface area (Å²) in [7, 11) is 3.28. The number of rotatable bonds is 4. The van der Waals surface area contributed by atoms with E-state index in [0.29, 0.717) is 0 Å². The molecule has 112 valence electrons. The number of aryl methyl sites for hydroxylation is 2. The molecule has 0 amide bonds. The molecule has 0 saturated carbocycles. The lowest BCUT2D eigenvalue weighted by molar-refractivity contribution is 0.397. The summed E-state index contributed by atoms with van der Waals surface area (Å²) in [6.07, 6.45) is 0. The van der Waals surface area contributed by atoms with Crippen LogP contribution in [0.3, 0.4) is 0 Å². The number of methoxy groups -OCH3 is 2. The minimum atomic E-state index is -0.290. The first-order valence-electron chi connectivity index (χ1n) is 6.60. The largest absolute Gasteiger partial charge is 0.496 e. The van der Waals surface area contributed by atoms with E-state index in [-0.39, 0.29) is 5.38 Å². The Morgan fingerprint density at radius 3 is 2.24 bits per heavy atom. The molecule has 0 heterocycles. The van der Waals surface area contributed by atoms with Crippen LogP contribution in [-0.2, 0) is 0 Å². The summed E-state index contributed by atoms with van der Waals surface area (Å²) in [5.41, 5.74) is 4.32. The molecule has 0 radical (unpaired) electrons. The van der Waals surface area contributed by atoms with Crippen LogP contribution in [0.5, 0.6) is 11.5 Å². The Kier molecular flexibility index (Phi) is 5.17. The second-order valence-corrected chi connectivity index (χ2v) is 6.24. The third kappa shape index (κ3) is 3.35. The summed E-state index contributed by atoms with van der Waals surface area (Å²) in [4.78, 5) is 0. The fraction of sp³-hybridized carbons (Fsp3) is 0.294. The molecule has 0 N–H and O–H groups in total. The quantitative estimate of drug-likeness (QED) is 0.671. The number of hydrogen-bond donors (Lipinski definition) is 0. The summed E-state index contributed by atoms with van der Waals surface area (Å²) in [5, 5.41) is -0.290. The molecule has 1 atom stereocenters. The average Bonchev–Trinajstić information content (AvgIpc) is 2.48. The van der Waals surface area contributed by atoms with Gasteiger partial charge in [0, 0.05) is 5.56 Å². The van der Waals surface area contributed by atoms with Gasteiger partial charge in [-0.25, -0.2) is 0 Å². The lowest BCUT2D eigenvalue weighted by Crippen LogP contribution is -2.01. The molecule has 21 heavy (non-hydrogen) atoms. The van der Waals surface area contributed by atoms with Gasteiger partial charge in [0.1, 0.15) is 11.5 Å². The summed E-state index contributed by atoms with van der Waals surface area (Å²) in [5.74, 6) is 1.48. The molecule has 0 fully saturated rings. The fourth-order valence-electron chi connectivity index (χ4n) is 2.28. The highest BCUT2D eigenvalue weighted by atomic mass is 79.9. The van der Waals surface area contributed by atoms with E-state index >= 15 is 0 Å². The Morgan fingerprint density at radius 1 is 0.952 bits per heavy atom. The SMILES string of the molecule is COc1cc(C(Cl)c2cc(C)ccc2C)c(OC)cc1Br. The van der Waals surface area contributed by atoms with Gasteiger partial charge in [-0.05, 0) is 53.0 Å². The second kappa shape index (κ2) is 6.71. The van der Waals surface area contributed by atoms with Gasteiger partial charge in [-0.1, -0.05) is 23.8 Å². The molecule has 2 aromatic carbocycles. The molecule has 2 rings (SSSR count). The second-order valence-electron chi connectivity index (χ2n) is 4.95. The predicted molar refractivity (Wildman–Crippen MR) is 90.9 cm³/mol. The number of halogens is 2. The molecule has 2 aromatic rings. The van der Waals surface area contributed by atoms with Crippen molar-refractivity contribution in [3.05, 3.63) is 57.1 Å². The van der Waals surface area contributed by atoms with Crippen molar-refractivity contribution in [2.75, 3.05) is 14.2 Å². The van der Waals surface area contributed by atoms with Crippen LogP contribution in [0.2, 0.25) is 0 Å². The maximum absolute atomic E-state index is 6.72. The molecule has 4 heteroatoms. The molecule has 0 spiro atoms. The van der Waals surface area contributed by atoms with Crippen molar-refractivity contribution < 1.29 is 9.47 Å². The van der Waals surface area contributed by atoms with Crippen molar-refractivity contribution in [1.29, 1.82) is 0 Å². The summed E-state index contributed by atoms with van der Waals surface area (Å²) < 4.78 is 11.7. The van der Waals surface area contributed by atoms with Gasteiger partial charge in [-0.3, -0.25) is 0 Å². The third-order valence-corrected chi connectivity index (χ3v) is 4.57. The molecule has 0 saturated heterocycles. The van der Waals surface area contributed by atoms with Crippen LogP contribution < -0.4 is 9.47 Å². The molecule has 0 bridgehead atoms. The molecule has 0 aliphatic rings. The van der Waals surface area contributed by atoms with E-state index in [0.717, 1.165) is 32.7 Å². The Balaban J connectivity index is 2.56. The molecular formula is C17H18BrClO2. The zero-order valence-corrected chi connectivity index (χ0v) is 14.9. The van der Waals surface area contributed by atoms with E-state index in [1.165, 1.54) is 5.56 Å². The lowest BCUT2D eigenvalue weighted by atomic mass is 9.97. The molecule has 0 aliphatic carbocycles. The summed E-state index contributed by atoms with van der Waals surface area (Å²) in [6, 6.07) is 10.1. The van der Waals surface area contributed by atoms with Crippen molar-refractivity contribution in [3.63, 3.8) is 0 Å². The Bertz CT molecular complexity index is 655. The summed E-state index contributed by atoms with van der Waals surface area (Å²) >= 11 is 10.2. The smallest absolute Gasteiger partial charge is 0.133 e. The van der Waals surface area contributed by atoms with Gasteiger partial charge in [0.25, 0.3) is 0 Å². The lowest BCUT2D eigenvalue weighted by Gasteiger charge is -2.18. The maximum atomic E-state index is 6.72. The Morgan fingerprint density at radius 2 is 1.62 bits per heavy atom. The maximum Gasteiger partial charge on any atom is 0.133 e. The highest BCUT2D eigenvalue weighted by Gasteiger charge is 2.20. The molecule has 0 aromatic heterocycles. The van der Waals surface area contributed by atoms with E-state index in [2.05, 4.69) is 48.0 Å². The van der Waals surface area contributed by atoms with Crippen molar-refractivity contribution >= 4 is 27.5 Å². The van der Waals surface area contributed by atoms with Crippen molar-refractivity contribution in [1.82, 2.24) is 0 Å². The van der Waals surface area contributed by atoms with Crippen LogP contribution in [0.15, 0.2) is 34.8 Å². The monoisotopic (exact) mass is 368 g/mol.